The molecule has 20 heavy (non-hydrogen) atoms. The molecule has 0 aliphatic heterocycles. The Morgan fingerprint density at radius 3 is 2.35 bits per heavy atom. The number of amides is 2. The van der Waals surface area contributed by atoms with Crippen molar-refractivity contribution in [2.45, 2.75) is 38.3 Å². The molecule has 0 aromatic heterocycles. The van der Waals surface area contributed by atoms with Crippen LogP contribution in [0.4, 0.5) is 0 Å². The Morgan fingerprint density at radius 1 is 1.15 bits per heavy atom. The average molecular weight is 293 g/mol. The highest BCUT2D eigenvalue weighted by atomic mass is 35.5. The number of hydrogen-bond acceptors (Lipinski definition) is 2. The van der Waals surface area contributed by atoms with Gasteiger partial charge in [0.1, 0.15) is 5.41 Å². The first-order chi connectivity index (χ1) is 9.60. The molecule has 2 aliphatic rings. The van der Waals surface area contributed by atoms with Gasteiger partial charge in [-0.25, -0.2) is 0 Å². The van der Waals surface area contributed by atoms with Gasteiger partial charge in [0.05, 0.1) is 0 Å². The van der Waals surface area contributed by atoms with E-state index >= 15 is 0 Å². The first-order valence-corrected chi connectivity index (χ1v) is 7.32. The lowest BCUT2D eigenvalue weighted by Gasteiger charge is -2.15. The van der Waals surface area contributed by atoms with Crippen LogP contribution in [0.1, 0.15) is 31.2 Å². The minimum absolute atomic E-state index is 0.103. The zero-order chi connectivity index (χ0) is 14.2. The monoisotopic (exact) mass is 292 g/mol. The van der Waals surface area contributed by atoms with Crippen molar-refractivity contribution in [2.75, 3.05) is 0 Å². The summed E-state index contributed by atoms with van der Waals surface area (Å²) in [6, 6.07) is 7.61. The molecule has 5 heteroatoms. The maximum absolute atomic E-state index is 12.2. The molecule has 0 bridgehead atoms. The van der Waals surface area contributed by atoms with Crippen molar-refractivity contribution in [3.63, 3.8) is 0 Å². The van der Waals surface area contributed by atoms with E-state index in [1.54, 1.807) is 12.1 Å². The van der Waals surface area contributed by atoms with Crippen LogP contribution >= 0.6 is 11.6 Å². The summed E-state index contributed by atoms with van der Waals surface area (Å²) in [6.07, 6.45) is 3.37. The molecule has 0 spiro atoms. The summed E-state index contributed by atoms with van der Waals surface area (Å²) in [6.45, 7) is 0.425. The van der Waals surface area contributed by atoms with Crippen molar-refractivity contribution in [1.29, 1.82) is 0 Å². The number of halogens is 1. The van der Waals surface area contributed by atoms with Crippen molar-refractivity contribution < 1.29 is 9.59 Å². The lowest BCUT2D eigenvalue weighted by molar-refractivity contribution is -0.137. The molecule has 0 saturated heterocycles. The minimum Gasteiger partial charge on any atom is -0.352 e. The average Bonchev–Trinajstić information content (AvgIpc) is 3.31. The highest BCUT2D eigenvalue weighted by molar-refractivity contribution is 6.30. The van der Waals surface area contributed by atoms with E-state index in [0.717, 1.165) is 18.4 Å². The van der Waals surface area contributed by atoms with E-state index < -0.39 is 5.41 Å². The second kappa shape index (κ2) is 5.09. The van der Waals surface area contributed by atoms with Crippen LogP contribution < -0.4 is 10.6 Å². The maximum Gasteiger partial charge on any atom is 0.235 e. The Kier molecular flexibility index (Phi) is 3.42. The first-order valence-electron chi connectivity index (χ1n) is 6.94. The lowest BCUT2D eigenvalue weighted by atomic mass is 10.0. The van der Waals surface area contributed by atoms with E-state index in [0.29, 0.717) is 30.5 Å². The Bertz CT molecular complexity index is 533. The van der Waals surface area contributed by atoms with Gasteiger partial charge < -0.3 is 10.6 Å². The van der Waals surface area contributed by atoms with Gasteiger partial charge in [0.2, 0.25) is 11.8 Å². The predicted octanol–water partition coefficient (Wildman–Crippen LogP) is 2.01. The molecular formula is C15H17ClN2O2. The third-order valence-corrected chi connectivity index (χ3v) is 4.15. The van der Waals surface area contributed by atoms with Crippen LogP contribution in [-0.4, -0.2) is 17.9 Å². The van der Waals surface area contributed by atoms with E-state index in [4.69, 9.17) is 11.6 Å². The van der Waals surface area contributed by atoms with Gasteiger partial charge in [0, 0.05) is 17.6 Å². The molecule has 0 radical (unpaired) electrons. The summed E-state index contributed by atoms with van der Waals surface area (Å²) in [5, 5.41) is 6.45. The quantitative estimate of drug-likeness (QED) is 0.816. The van der Waals surface area contributed by atoms with Gasteiger partial charge in [-0.1, -0.05) is 23.7 Å². The van der Waals surface area contributed by atoms with Crippen LogP contribution in [-0.2, 0) is 16.1 Å². The molecule has 3 rings (SSSR count). The molecule has 2 N–H and O–H groups in total. The van der Waals surface area contributed by atoms with Gasteiger partial charge in [0.15, 0.2) is 0 Å². The Morgan fingerprint density at radius 2 is 1.80 bits per heavy atom. The fraction of sp³-hybridized carbons (Fsp3) is 0.467. The van der Waals surface area contributed by atoms with E-state index in [1.165, 1.54) is 0 Å². The highest BCUT2D eigenvalue weighted by Crippen LogP contribution is 2.46. The Balaban J connectivity index is 1.55. The van der Waals surface area contributed by atoms with Gasteiger partial charge in [0.25, 0.3) is 0 Å². The number of rotatable bonds is 5. The van der Waals surface area contributed by atoms with Crippen LogP contribution in [0.25, 0.3) is 0 Å². The second-order valence-corrected chi connectivity index (χ2v) is 6.08. The molecule has 0 unspecified atom stereocenters. The molecule has 4 nitrogen and oxygen atoms in total. The molecule has 1 aromatic carbocycles. The van der Waals surface area contributed by atoms with Gasteiger partial charge in [-0.15, -0.1) is 0 Å². The van der Waals surface area contributed by atoms with Gasteiger partial charge >= 0.3 is 0 Å². The molecule has 2 amide bonds. The van der Waals surface area contributed by atoms with E-state index in [-0.39, 0.29) is 11.8 Å². The summed E-state index contributed by atoms with van der Waals surface area (Å²) in [4.78, 5) is 24.3. The van der Waals surface area contributed by atoms with E-state index in [9.17, 15) is 9.59 Å². The smallest absolute Gasteiger partial charge is 0.235 e. The molecular weight excluding hydrogens is 276 g/mol. The molecule has 2 aliphatic carbocycles. The first kappa shape index (κ1) is 13.4. The molecule has 2 fully saturated rings. The summed E-state index contributed by atoms with van der Waals surface area (Å²) in [5.74, 6) is -0.265. The van der Waals surface area contributed by atoms with Crippen LogP contribution in [0.3, 0.4) is 0 Å². The van der Waals surface area contributed by atoms with Crippen molar-refractivity contribution in [2.24, 2.45) is 5.41 Å². The fourth-order valence-electron chi connectivity index (χ4n) is 2.19. The Hall–Kier alpha value is -1.55. The number of benzene rings is 1. The topological polar surface area (TPSA) is 58.2 Å². The molecule has 2 saturated carbocycles. The minimum atomic E-state index is -0.811. The van der Waals surface area contributed by atoms with Crippen molar-refractivity contribution in [3.8, 4) is 0 Å². The number of carbonyl (C=O) groups is 2. The van der Waals surface area contributed by atoms with Gasteiger partial charge in [-0.2, -0.15) is 0 Å². The fourth-order valence-corrected chi connectivity index (χ4v) is 2.31. The summed E-state index contributed by atoms with van der Waals surface area (Å²) in [5.41, 5.74) is 0.163. The van der Waals surface area contributed by atoms with Crippen molar-refractivity contribution >= 4 is 23.4 Å². The zero-order valence-corrected chi connectivity index (χ0v) is 11.9. The summed E-state index contributed by atoms with van der Waals surface area (Å²) in [7, 11) is 0. The summed E-state index contributed by atoms with van der Waals surface area (Å²) >= 11 is 5.81. The van der Waals surface area contributed by atoms with Crippen molar-refractivity contribution in [1.82, 2.24) is 10.6 Å². The maximum atomic E-state index is 12.2. The van der Waals surface area contributed by atoms with Crippen molar-refractivity contribution in [3.05, 3.63) is 34.9 Å². The standard InChI is InChI=1S/C15H17ClN2O2/c16-11-3-1-10(2-4-11)9-17-13(19)15(7-8-15)14(20)18-12-5-6-12/h1-4,12H,5-9H2,(H,17,19)(H,18,20). The number of carbonyl (C=O) groups excluding carboxylic acids is 2. The van der Waals surface area contributed by atoms with E-state index in [1.807, 2.05) is 12.1 Å². The van der Waals surface area contributed by atoms with Crippen LogP contribution in [0.15, 0.2) is 24.3 Å². The van der Waals surface area contributed by atoms with Gasteiger partial charge in [-0.3, -0.25) is 9.59 Å². The normalized spacial score (nSPS) is 19.2. The van der Waals surface area contributed by atoms with E-state index in [2.05, 4.69) is 10.6 Å². The van der Waals surface area contributed by atoms with Gasteiger partial charge in [-0.05, 0) is 43.4 Å². The van der Waals surface area contributed by atoms with Crippen LogP contribution in [0.5, 0.6) is 0 Å². The molecule has 1 aromatic rings. The third-order valence-electron chi connectivity index (χ3n) is 3.90. The highest BCUT2D eigenvalue weighted by Gasteiger charge is 2.57. The molecule has 106 valence electrons. The molecule has 0 heterocycles. The largest absolute Gasteiger partial charge is 0.352 e. The van der Waals surface area contributed by atoms with Crippen LogP contribution in [0.2, 0.25) is 5.02 Å². The lowest BCUT2D eigenvalue weighted by Crippen LogP contribution is -2.43. The SMILES string of the molecule is O=C(NCc1ccc(Cl)cc1)C1(C(=O)NC2CC2)CC1. The Labute approximate surface area is 122 Å². The third kappa shape index (κ3) is 2.80. The van der Waals surface area contributed by atoms with Crippen LogP contribution in [0, 0.1) is 5.41 Å². The predicted molar refractivity (Wildman–Crippen MR) is 76.1 cm³/mol. The summed E-state index contributed by atoms with van der Waals surface area (Å²) < 4.78 is 0. The number of nitrogens with one attached hydrogen (secondary N) is 2. The second-order valence-electron chi connectivity index (χ2n) is 5.64. The zero-order valence-electron chi connectivity index (χ0n) is 11.1. The number of hydrogen-bond donors (Lipinski definition) is 2. The molecule has 0 atom stereocenters.